The van der Waals surface area contributed by atoms with E-state index in [0.29, 0.717) is 6.04 Å². The molecule has 5 heteroatoms. The van der Waals surface area contributed by atoms with Crippen LogP contribution in [0.15, 0.2) is 42.6 Å². The normalized spacial score (nSPS) is 21.7. The van der Waals surface area contributed by atoms with Gasteiger partial charge >= 0.3 is 0 Å². The summed E-state index contributed by atoms with van der Waals surface area (Å²) in [7, 11) is 0. The summed E-state index contributed by atoms with van der Waals surface area (Å²) in [5.74, 6) is 1.85. The molecule has 132 valence electrons. The Balaban J connectivity index is 1.48. The van der Waals surface area contributed by atoms with Crippen LogP contribution in [0.4, 0.5) is 11.8 Å². The molecule has 0 spiro atoms. The number of rotatable bonds is 5. The molecule has 2 aliphatic rings. The molecule has 1 aromatic carbocycles. The average Bonchev–Trinajstić information content (AvgIpc) is 3.35. The average molecular weight is 338 g/mol. The summed E-state index contributed by atoms with van der Waals surface area (Å²) in [6, 6.07) is 12.2. The molecule has 2 saturated heterocycles. The van der Waals surface area contributed by atoms with E-state index < -0.39 is 6.10 Å². The van der Waals surface area contributed by atoms with Crippen molar-refractivity contribution in [1.82, 2.24) is 9.97 Å². The van der Waals surface area contributed by atoms with Crippen molar-refractivity contribution in [2.24, 2.45) is 0 Å². The molecule has 2 aromatic rings. The largest absolute Gasteiger partial charge is 0.388 e. The summed E-state index contributed by atoms with van der Waals surface area (Å²) in [6.07, 6.45) is 6.86. The van der Waals surface area contributed by atoms with Gasteiger partial charge in [0.1, 0.15) is 5.82 Å². The second kappa shape index (κ2) is 7.40. The van der Waals surface area contributed by atoms with E-state index in [4.69, 9.17) is 4.98 Å². The Morgan fingerprint density at radius 2 is 1.84 bits per heavy atom. The summed E-state index contributed by atoms with van der Waals surface area (Å²) in [5.41, 5.74) is 0.987. The molecule has 0 amide bonds. The number of aliphatic hydroxyl groups excluding tert-OH is 1. The number of anilines is 2. The van der Waals surface area contributed by atoms with Crippen LogP contribution in [-0.2, 0) is 0 Å². The maximum absolute atomic E-state index is 10.6. The molecule has 0 unspecified atom stereocenters. The van der Waals surface area contributed by atoms with E-state index in [2.05, 4.69) is 14.8 Å². The third-order valence-electron chi connectivity index (χ3n) is 5.37. The fourth-order valence-corrected chi connectivity index (χ4v) is 4.01. The molecule has 5 nitrogen and oxygen atoms in total. The van der Waals surface area contributed by atoms with Crippen LogP contribution in [0.5, 0.6) is 0 Å². The summed E-state index contributed by atoms with van der Waals surface area (Å²) in [6.45, 7) is 3.15. The molecule has 1 aromatic heterocycles. The molecule has 2 atom stereocenters. The van der Waals surface area contributed by atoms with Crippen LogP contribution in [-0.4, -0.2) is 40.8 Å². The van der Waals surface area contributed by atoms with Gasteiger partial charge in [-0.25, -0.2) is 4.98 Å². The van der Waals surface area contributed by atoms with E-state index >= 15 is 0 Å². The van der Waals surface area contributed by atoms with Crippen molar-refractivity contribution in [3.05, 3.63) is 48.2 Å². The van der Waals surface area contributed by atoms with Crippen molar-refractivity contribution in [2.75, 3.05) is 29.4 Å². The van der Waals surface area contributed by atoms with Crippen molar-refractivity contribution < 1.29 is 5.11 Å². The minimum atomic E-state index is -0.437. The third kappa shape index (κ3) is 3.61. The zero-order chi connectivity index (χ0) is 17.1. The SMILES string of the molecule is O[C@H](C[C@H]1CCCN1c1nccc(N2CCCC2)n1)c1ccccc1. The second-order valence-electron chi connectivity index (χ2n) is 7.06. The molecular weight excluding hydrogens is 312 g/mol. The number of benzene rings is 1. The predicted molar refractivity (Wildman–Crippen MR) is 99.9 cm³/mol. The molecule has 25 heavy (non-hydrogen) atoms. The van der Waals surface area contributed by atoms with Crippen molar-refractivity contribution in [1.29, 1.82) is 0 Å². The van der Waals surface area contributed by atoms with E-state index in [1.54, 1.807) is 0 Å². The van der Waals surface area contributed by atoms with Crippen molar-refractivity contribution >= 4 is 11.8 Å². The number of nitrogens with zero attached hydrogens (tertiary/aromatic N) is 4. The maximum Gasteiger partial charge on any atom is 0.227 e. The quantitative estimate of drug-likeness (QED) is 0.907. The fraction of sp³-hybridized carbons (Fsp3) is 0.500. The molecule has 0 saturated carbocycles. The number of hydrogen-bond acceptors (Lipinski definition) is 5. The highest BCUT2D eigenvalue weighted by Crippen LogP contribution is 2.30. The molecule has 0 bridgehead atoms. The zero-order valence-corrected chi connectivity index (χ0v) is 14.6. The minimum Gasteiger partial charge on any atom is -0.388 e. The van der Waals surface area contributed by atoms with Gasteiger partial charge in [-0.05, 0) is 43.7 Å². The zero-order valence-electron chi connectivity index (χ0n) is 14.6. The first-order chi connectivity index (χ1) is 12.3. The highest BCUT2D eigenvalue weighted by Gasteiger charge is 2.29. The predicted octanol–water partition coefficient (Wildman–Crippen LogP) is 3.17. The minimum absolute atomic E-state index is 0.295. The highest BCUT2D eigenvalue weighted by molar-refractivity contribution is 5.45. The molecular formula is C20H26N4O. The molecule has 0 radical (unpaired) electrons. The van der Waals surface area contributed by atoms with Gasteiger partial charge in [0.05, 0.1) is 6.10 Å². The second-order valence-corrected chi connectivity index (χ2v) is 7.06. The van der Waals surface area contributed by atoms with Crippen LogP contribution in [0, 0.1) is 0 Å². The smallest absolute Gasteiger partial charge is 0.227 e. The van der Waals surface area contributed by atoms with E-state index in [1.165, 1.54) is 12.8 Å². The van der Waals surface area contributed by atoms with Crippen molar-refractivity contribution in [3.8, 4) is 0 Å². The van der Waals surface area contributed by atoms with Gasteiger partial charge in [-0.1, -0.05) is 30.3 Å². The van der Waals surface area contributed by atoms with E-state index in [9.17, 15) is 5.11 Å². The van der Waals surface area contributed by atoms with E-state index in [-0.39, 0.29) is 0 Å². The highest BCUT2D eigenvalue weighted by atomic mass is 16.3. The third-order valence-corrected chi connectivity index (χ3v) is 5.37. The monoisotopic (exact) mass is 338 g/mol. The number of aromatic nitrogens is 2. The Hall–Kier alpha value is -2.14. The molecule has 3 heterocycles. The maximum atomic E-state index is 10.6. The first-order valence-corrected chi connectivity index (χ1v) is 9.39. The lowest BCUT2D eigenvalue weighted by molar-refractivity contribution is 0.158. The number of hydrogen-bond donors (Lipinski definition) is 1. The molecule has 2 fully saturated rings. The Morgan fingerprint density at radius 1 is 1.04 bits per heavy atom. The van der Waals surface area contributed by atoms with Crippen LogP contribution in [0.2, 0.25) is 0 Å². The Kier molecular flexibility index (Phi) is 4.83. The van der Waals surface area contributed by atoms with E-state index in [1.807, 2.05) is 42.6 Å². The topological polar surface area (TPSA) is 52.5 Å². The van der Waals surface area contributed by atoms with Crippen molar-refractivity contribution in [2.45, 2.75) is 44.2 Å². The van der Waals surface area contributed by atoms with Crippen LogP contribution in [0.1, 0.15) is 43.8 Å². The fourth-order valence-electron chi connectivity index (χ4n) is 4.01. The lowest BCUT2D eigenvalue weighted by atomic mass is 10.0. The van der Waals surface area contributed by atoms with E-state index in [0.717, 1.165) is 56.2 Å². The van der Waals surface area contributed by atoms with Crippen LogP contribution >= 0.6 is 0 Å². The first kappa shape index (κ1) is 16.3. The molecule has 4 rings (SSSR count). The number of aliphatic hydroxyl groups is 1. The van der Waals surface area contributed by atoms with Gasteiger partial charge in [0.2, 0.25) is 5.95 Å². The molecule has 1 N–H and O–H groups in total. The molecule has 2 aliphatic heterocycles. The van der Waals surface area contributed by atoms with Crippen molar-refractivity contribution in [3.63, 3.8) is 0 Å². The Labute approximate surface area is 149 Å². The summed E-state index contributed by atoms with van der Waals surface area (Å²) >= 11 is 0. The van der Waals surface area contributed by atoms with Gasteiger partial charge in [0.25, 0.3) is 0 Å². The van der Waals surface area contributed by atoms with Gasteiger partial charge in [-0.15, -0.1) is 0 Å². The van der Waals surface area contributed by atoms with Gasteiger partial charge in [0, 0.05) is 31.9 Å². The van der Waals surface area contributed by atoms with Gasteiger partial charge in [-0.2, -0.15) is 4.98 Å². The van der Waals surface area contributed by atoms with Gasteiger partial charge in [0.15, 0.2) is 0 Å². The lowest BCUT2D eigenvalue weighted by Gasteiger charge is -2.27. The van der Waals surface area contributed by atoms with Crippen LogP contribution in [0.3, 0.4) is 0 Å². The summed E-state index contributed by atoms with van der Waals surface area (Å²) < 4.78 is 0. The molecule has 0 aliphatic carbocycles. The standard InChI is InChI=1S/C20H26N4O/c25-18(16-7-2-1-3-8-16)15-17-9-6-14-24(17)20-21-11-10-19(22-20)23-12-4-5-13-23/h1-3,7-8,10-11,17-18,25H,4-6,9,12-15H2/t17-,18-/m1/s1. The van der Waals surface area contributed by atoms with Gasteiger partial charge in [-0.3, -0.25) is 0 Å². The van der Waals surface area contributed by atoms with Crippen LogP contribution < -0.4 is 9.80 Å². The van der Waals surface area contributed by atoms with Crippen LogP contribution in [0.25, 0.3) is 0 Å². The Bertz CT molecular complexity index is 687. The summed E-state index contributed by atoms with van der Waals surface area (Å²) in [4.78, 5) is 14.0. The Morgan fingerprint density at radius 3 is 2.64 bits per heavy atom. The summed E-state index contributed by atoms with van der Waals surface area (Å²) in [5, 5.41) is 10.6. The first-order valence-electron chi connectivity index (χ1n) is 9.39. The lowest BCUT2D eigenvalue weighted by Crippen LogP contribution is -2.32. The van der Waals surface area contributed by atoms with Gasteiger partial charge < -0.3 is 14.9 Å².